The molecule has 170 valence electrons. The van der Waals surface area contributed by atoms with Gasteiger partial charge in [0.1, 0.15) is 5.92 Å². The number of amides is 2. The Balaban J connectivity index is 1.47. The average molecular weight is 445 g/mol. The van der Waals surface area contributed by atoms with E-state index in [0.717, 1.165) is 24.2 Å². The van der Waals surface area contributed by atoms with Gasteiger partial charge in [0.2, 0.25) is 0 Å². The third-order valence-electron chi connectivity index (χ3n) is 6.49. The molecule has 1 atom stereocenters. The van der Waals surface area contributed by atoms with Gasteiger partial charge in [0, 0.05) is 37.6 Å². The minimum Gasteiger partial charge on any atom is -0.335 e. The first kappa shape index (κ1) is 22.6. The van der Waals surface area contributed by atoms with Crippen LogP contribution in [-0.4, -0.2) is 64.5 Å². The number of carbonyl (C=O) groups is 2. The Morgan fingerprint density at radius 1 is 1.24 bits per heavy atom. The predicted molar refractivity (Wildman–Crippen MR) is 126 cm³/mol. The summed E-state index contributed by atoms with van der Waals surface area (Å²) in [6, 6.07) is 10.7. The molecule has 0 aliphatic carbocycles. The van der Waals surface area contributed by atoms with Gasteiger partial charge in [-0.05, 0) is 62.7 Å². The van der Waals surface area contributed by atoms with Crippen LogP contribution < -0.4 is 5.01 Å². The van der Waals surface area contributed by atoms with Crippen molar-refractivity contribution in [3.05, 3.63) is 58.8 Å². The van der Waals surface area contributed by atoms with E-state index in [4.69, 9.17) is 5.26 Å². The Morgan fingerprint density at radius 3 is 2.64 bits per heavy atom. The summed E-state index contributed by atoms with van der Waals surface area (Å²) in [6.07, 6.45) is 3.10. The Morgan fingerprint density at radius 2 is 2.03 bits per heavy atom. The Bertz CT molecular complexity index is 1150. The zero-order chi connectivity index (χ0) is 23.8. The summed E-state index contributed by atoms with van der Waals surface area (Å²) in [5, 5.41) is 14.6. The van der Waals surface area contributed by atoms with Crippen molar-refractivity contribution in [2.24, 2.45) is 5.10 Å². The number of benzene rings is 1. The van der Waals surface area contributed by atoms with Gasteiger partial charge in [-0.2, -0.15) is 15.4 Å². The smallest absolute Gasteiger partial charge is 0.261 e. The summed E-state index contributed by atoms with van der Waals surface area (Å²) in [5.74, 6) is -0.428. The van der Waals surface area contributed by atoms with E-state index in [-0.39, 0.29) is 17.4 Å². The normalized spacial score (nSPS) is 20.2. The van der Waals surface area contributed by atoms with Crippen molar-refractivity contribution in [3.8, 4) is 6.07 Å². The van der Waals surface area contributed by atoms with Gasteiger partial charge in [0.25, 0.3) is 11.8 Å². The first-order chi connectivity index (χ1) is 15.7. The van der Waals surface area contributed by atoms with Crippen LogP contribution in [0.15, 0.2) is 41.6 Å². The summed E-state index contributed by atoms with van der Waals surface area (Å²) >= 11 is 0. The van der Waals surface area contributed by atoms with Crippen LogP contribution in [0.5, 0.6) is 0 Å². The lowest BCUT2D eigenvalue weighted by atomic mass is 9.94. The van der Waals surface area contributed by atoms with E-state index in [1.54, 1.807) is 36.5 Å². The van der Waals surface area contributed by atoms with Gasteiger partial charge in [-0.15, -0.1) is 0 Å². The largest absolute Gasteiger partial charge is 0.335 e. The lowest BCUT2D eigenvalue weighted by molar-refractivity contribution is -0.118. The Hall–Kier alpha value is -3.57. The molecule has 0 radical (unpaired) electrons. The molecular formula is C25H28N6O2. The molecule has 2 aliphatic rings. The molecule has 0 bridgehead atoms. The molecule has 33 heavy (non-hydrogen) atoms. The molecular weight excluding hydrogens is 416 g/mol. The first-order valence-electron chi connectivity index (χ1n) is 11.1. The molecule has 4 rings (SSSR count). The molecule has 2 aliphatic heterocycles. The highest BCUT2D eigenvalue weighted by Gasteiger charge is 2.35. The number of anilines is 1. The third kappa shape index (κ3) is 4.24. The molecule has 0 N–H and O–H groups in total. The van der Waals surface area contributed by atoms with E-state index in [1.807, 2.05) is 11.8 Å². The molecule has 3 heterocycles. The maximum absolute atomic E-state index is 13.0. The van der Waals surface area contributed by atoms with Crippen molar-refractivity contribution in [2.45, 2.75) is 39.2 Å². The minimum absolute atomic E-state index is 0.0554. The van der Waals surface area contributed by atoms with Gasteiger partial charge >= 0.3 is 0 Å². The average Bonchev–Trinajstić information content (AvgIpc) is 3.18. The second-order valence-electron chi connectivity index (χ2n) is 9.10. The Kier molecular flexibility index (Phi) is 6.00. The van der Waals surface area contributed by atoms with Gasteiger partial charge in [-0.1, -0.05) is 13.0 Å². The zero-order valence-electron chi connectivity index (χ0n) is 19.4. The van der Waals surface area contributed by atoms with Crippen LogP contribution in [0.4, 0.5) is 5.82 Å². The number of hydrogen-bond donors (Lipinski definition) is 0. The quantitative estimate of drug-likeness (QED) is 0.723. The number of carbonyl (C=O) groups excluding carboxylic acids is 2. The van der Waals surface area contributed by atoms with Gasteiger partial charge in [0.15, 0.2) is 5.82 Å². The van der Waals surface area contributed by atoms with Gasteiger partial charge in [-0.3, -0.25) is 14.5 Å². The highest BCUT2D eigenvalue weighted by atomic mass is 16.2. The summed E-state index contributed by atoms with van der Waals surface area (Å²) in [5.41, 5.74) is 2.64. The number of aryl methyl sites for hydroxylation is 1. The molecule has 1 unspecified atom stereocenters. The number of piperazine rings is 1. The molecule has 1 aromatic carbocycles. The maximum atomic E-state index is 13.0. The van der Waals surface area contributed by atoms with Gasteiger partial charge in [0.05, 0.1) is 17.2 Å². The maximum Gasteiger partial charge on any atom is 0.261 e. The highest BCUT2D eigenvalue weighted by molar-refractivity contribution is 6.12. The summed E-state index contributed by atoms with van der Waals surface area (Å²) in [4.78, 5) is 34.7. The number of likely N-dealkylation sites (N-methyl/N-ethyl adjacent to an activating group) is 1. The third-order valence-corrected chi connectivity index (χ3v) is 6.49. The fourth-order valence-electron chi connectivity index (χ4n) is 4.64. The molecule has 2 aromatic rings. The fourth-order valence-corrected chi connectivity index (χ4v) is 4.64. The van der Waals surface area contributed by atoms with Crippen molar-refractivity contribution in [1.29, 1.82) is 5.26 Å². The van der Waals surface area contributed by atoms with Crippen LogP contribution in [0, 0.1) is 18.3 Å². The fraction of sp³-hybridized carbons (Fsp3) is 0.400. The lowest BCUT2D eigenvalue weighted by Gasteiger charge is -2.46. The number of nitrogens with zero attached hydrogens (tertiary/aromatic N) is 6. The number of nitriles is 1. The van der Waals surface area contributed by atoms with Crippen molar-refractivity contribution in [2.75, 3.05) is 31.2 Å². The van der Waals surface area contributed by atoms with E-state index >= 15 is 0 Å². The van der Waals surface area contributed by atoms with Crippen molar-refractivity contribution >= 4 is 23.8 Å². The molecule has 8 heteroatoms. The molecule has 0 saturated carbocycles. The van der Waals surface area contributed by atoms with E-state index in [2.05, 4.69) is 41.8 Å². The predicted octanol–water partition coefficient (Wildman–Crippen LogP) is 2.93. The standard InChI is InChI=1S/C25H28N6O2/c1-5-30-11-10-29(16-25(30,3)4)23(32)19-7-9-22(27-14-19)31-24(33)21(15-28-31)20-8-6-18(13-26)12-17(20)2/h6-9,12,14-15,21H,5,10-11,16H2,1-4H3. The first-order valence-corrected chi connectivity index (χ1v) is 11.1. The molecule has 1 saturated heterocycles. The molecule has 1 aromatic heterocycles. The Labute approximate surface area is 194 Å². The monoisotopic (exact) mass is 444 g/mol. The zero-order valence-corrected chi connectivity index (χ0v) is 19.4. The van der Waals surface area contributed by atoms with Crippen LogP contribution in [0.25, 0.3) is 0 Å². The molecule has 0 spiro atoms. The highest BCUT2D eigenvalue weighted by Crippen LogP contribution is 2.29. The number of rotatable bonds is 4. The van der Waals surface area contributed by atoms with Crippen molar-refractivity contribution in [1.82, 2.24) is 14.8 Å². The van der Waals surface area contributed by atoms with Gasteiger partial charge < -0.3 is 4.90 Å². The minimum atomic E-state index is -0.530. The van der Waals surface area contributed by atoms with E-state index in [1.165, 1.54) is 11.2 Å². The van der Waals surface area contributed by atoms with Crippen LogP contribution in [0.3, 0.4) is 0 Å². The number of pyridine rings is 1. The summed E-state index contributed by atoms with van der Waals surface area (Å²) < 4.78 is 0. The van der Waals surface area contributed by atoms with E-state index in [0.29, 0.717) is 30.0 Å². The van der Waals surface area contributed by atoms with E-state index in [9.17, 15) is 9.59 Å². The summed E-state index contributed by atoms with van der Waals surface area (Å²) in [6.45, 7) is 11.4. The second-order valence-corrected chi connectivity index (χ2v) is 9.10. The molecule has 8 nitrogen and oxygen atoms in total. The molecule has 1 fully saturated rings. The summed E-state index contributed by atoms with van der Waals surface area (Å²) in [7, 11) is 0. The topological polar surface area (TPSA) is 92.9 Å². The van der Waals surface area contributed by atoms with Crippen LogP contribution in [-0.2, 0) is 4.79 Å². The number of hydrazone groups is 1. The second kappa shape index (κ2) is 8.75. The van der Waals surface area contributed by atoms with Crippen LogP contribution in [0.2, 0.25) is 0 Å². The number of hydrogen-bond acceptors (Lipinski definition) is 6. The lowest BCUT2D eigenvalue weighted by Crippen LogP contribution is -2.60. The van der Waals surface area contributed by atoms with Crippen LogP contribution in [0.1, 0.15) is 53.7 Å². The van der Waals surface area contributed by atoms with E-state index < -0.39 is 5.92 Å². The SMILES string of the molecule is CCN1CCN(C(=O)c2ccc(N3N=CC(c4ccc(C#N)cc4C)C3=O)nc2)CC1(C)C. The van der Waals surface area contributed by atoms with Crippen molar-refractivity contribution < 1.29 is 9.59 Å². The molecule has 2 amide bonds. The van der Waals surface area contributed by atoms with Gasteiger partial charge in [-0.25, -0.2) is 4.98 Å². The van der Waals surface area contributed by atoms with Crippen LogP contribution >= 0.6 is 0 Å². The van der Waals surface area contributed by atoms with Crippen molar-refractivity contribution in [3.63, 3.8) is 0 Å². The number of aromatic nitrogens is 1.